The number of rotatable bonds is 5. The van der Waals surface area contributed by atoms with Crippen molar-refractivity contribution in [3.05, 3.63) is 52.8 Å². The SMILES string of the molecule is CCN(CC)C(=O)c1cc(Nc2cccc(Br)c2)ccn1. The van der Waals surface area contributed by atoms with Crippen molar-refractivity contribution in [2.75, 3.05) is 18.4 Å². The van der Waals surface area contributed by atoms with Gasteiger partial charge in [0.05, 0.1) is 0 Å². The molecule has 0 spiro atoms. The fraction of sp³-hybridized carbons (Fsp3) is 0.250. The predicted molar refractivity (Wildman–Crippen MR) is 88.9 cm³/mol. The van der Waals surface area contributed by atoms with E-state index in [9.17, 15) is 4.79 Å². The highest BCUT2D eigenvalue weighted by Crippen LogP contribution is 2.20. The Balaban J connectivity index is 2.20. The van der Waals surface area contributed by atoms with Crippen molar-refractivity contribution in [3.8, 4) is 0 Å². The number of hydrogen-bond donors (Lipinski definition) is 1. The van der Waals surface area contributed by atoms with Crippen LogP contribution < -0.4 is 5.32 Å². The summed E-state index contributed by atoms with van der Waals surface area (Å²) in [5, 5.41) is 3.27. The Morgan fingerprint density at radius 1 is 1.19 bits per heavy atom. The number of benzene rings is 1. The van der Waals surface area contributed by atoms with Gasteiger partial charge < -0.3 is 10.2 Å². The number of hydrogen-bond acceptors (Lipinski definition) is 3. The maximum atomic E-state index is 12.3. The van der Waals surface area contributed by atoms with Gasteiger partial charge in [0.15, 0.2) is 0 Å². The summed E-state index contributed by atoms with van der Waals surface area (Å²) in [7, 11) is 0. The van der Waals surface area contributed by atoms with Gasteiger partial charge in [-0.1, -0.05) is 22.0 Å². The van der Waals surface area contributed by atoms with Crippen molar-refractivity contribution in [3.63, 3.8) is 0 Å². The van der Waals surface area contributed by atoms with Crippen LogP contribution in [0.3, 0.4) is 0 Å². The number of amides is 1. The lowest BCUT2D eigenvalue weighted by Gasteiger charge is -2.18. The number of pyridine rings is 1. The summed E-state index contributed by atoms with van der Waals surface area (Å²) >= 11 is 3.44. The molecule has 0 bridgehead atoms. The predicted octanol–water partition coefficient (Wildman–Crippen LogP) is 4.07. The van der Waals surface area contributed by atoms with Crippen LogP contribution in [-0.2, 0) is 0 Å². The molecule has 0 atom stereocenters. The van der Waals surface area contributed by atoms with E-state index in [0.29, 0.717) is 18.8 Å². The van der Waals surface area contributed by atoms with Crippen molar-refractivity contribution >= 4 is 33.2 Å². The Bertz CT molecular complexity index is 626. The number of halogens is 1. The van der Waals surface area contributed by atoms with Gasteiger partial charge >= 0.3 is 0 Å². The molecule has 5 heteroatoms. The highest BCUT2D eigenvalue weighted by atomic mass is 79.9. The van der Waals surface area contributed by atoms with Crippen molar-refractivity contribution in [1.82, 2.24) is 9.88 Å². The van der Waals surface area contributed by atoms with Crippen LogP contribution >= 0.6 is 15.9 Å². The maximum absolute atomic E-state index is 12.3. The smallest absolute Gasteiger partial charge is 0.272 e. The lowest BCUT2D eigenvalue weighted by molar-refractivity contribution is 0.0767. The van der Waals surface area contributed by atoms with Crippen molar-refractivity contribution in [2.24, 2.45) is 0 Å². The first-order valence-electron chi connectivity index (χ1n) is 6.92. The van der Waals surface area contributed by atoms with Crippen LogP contribution in [0.25, 0.3) is 0 Å². The van der Waals surface area contributed by atoms with Crippen LogP contribution in [0.15, 0.2) is 47.1 Å². The number of nitrogens with one attached hydrogen (secondary N) is 1. The average molecular weight is 348 g/mol. The Morgan fingerprint density at radius 3 is 2.57 bits per heavy atom. The van der Waals surface area contributed by atoms with Gasteiger partial charge in [-0.25, -0.2) is 0 Å². The Morgan fingerprint density at radius 2 is 1.90 bits per heavy atom. The fourth-order valence-corrected chi connectivity index (χ4v) is 2.43. The van der Waals surface area contributed by atoms with Gasteiger partial charge in [0.1, 0.15) is 5.69 Å². The number of nitrogens with zero attached hydrogens (tertiary/aromatic N) is 2. The Labute approximate surface area is 133 Å². The molecule has 0 aliphatic heterocycles. The molecule has 1 amide bonds. The van der Waals surface area contributed by atoms with Crippen molar-refractivity contribution < 1.29 is 4.79 Å². The van der Waals surface area contributed by atoms with Gasteiger partial charge in [0.2, 0.25) is 0 Å². The van der Waals surface area contributed by atoms with E-state index in [1.54, 1.807) is 17.2 Å². The second kappa shape index (κ2) is 7.22. The summed E-state index contributed by atoms with van der Waals surface area (Å²) in [5.74, 6) is -0.0436. The van der Waals surface area contributed by atoms with E-state index in [2.05, 4.69) is 26.2 Å². The monoisotopic (exact) mass is 347 g/mol. The second-order valence-corrected chi connectivity index (χ2v) is 5.46. The van der Waals surface area contributed by atoms with E-state index in [0.717, 1.165) is 15.8 Å². The van der Waals surface area contributed by atoms with E-state index in [1.807, 2.05) is 44.2 Å². The van der Waals surface area contributed by atoms with Gasteiger partial charge in [0.25, 0.3) is 5.91 Å². The molecule has 2 aromatic rings. The third-order valence-electron chi connectivity index (χ3n) is 3.14. The van der Waals surface area contributed by atoms with Gasteiger partial charge in [0, 0.05) is 35.1 Å². The molecule has 0 saturated carbocycles. The second-order valence-electron chi connectivity index (χ2n) is 4.54. The van der Waals surface area contributed by atoms with E-state index >= 15 is 0 Å². The van der Waals surface area contributed by atoms with Gasteiger partial charge in [-0.2, -0.15) is 0 Å². The molecular formula is C16H18BrN3O. The molecule has 1 N–H and O–H groups in total. The minimum absolute atomic E-state index is 0.0436. The van der Waals surface area contributed by atoms with E-state index in [1.165, 1.54) is 0 Å². The first-order valence-corrected chi connectivity index (χ1v) is 7.71. The fourth-order valence-electron chi connectivity index (χ4n) is 2.03. The van der Waals surface area contributed by atoms with Crippen LogP contribution in [-0.4, -0.2) is 28.9 Å². The van der Waals surface area contributed by atoms with Crippen molar-refractivity contribution in [2.45, 2.75) is 13.8 Å². The topological polar surface area (TPSA) is 45.2 Å². The van der Waals surface area contributed by atoms with Gasteiger partial charge in [-0.3, -0.25) is 9.78 Å². The minimum atomic E-state index is -0.0436. The number of aromatic nitrogens is 1. The molecule has 1 aromatic carbocycles. The quantitative estimate of drug-likeness (QED) is 0.886. The highest BCUT2D eigenvalue weighted by molar-refractivity contribution is 9.10. The summed E-state index contributed by atoms with van der Waals surface area (Å²) in [6, 6.07) is 11.5. The van der Waals surface area contributed by atoms with E-state index < -0.39 is 0 Å². The van der Waals surface area contributed by atoms with E-state index in [-0.39, 0.29) is 5.91 Å². The number of carbonyl (C=O) groups is 1. The zero-order valence-corrected chi connectivity index (χ0v) is 13.7. The molecule has 1 aromatic heterocycles. The normalized spacial score (nSPS) is 10.2. The molecule has 0 aliphatic rings. The summed E-state index contributed by atoms with van der Waals surface area (Å²) in [6.45, 7) is 5.29. The lowest BCUT2D eigenvalue weighted by Crippen LogP contribution is -2.31. The minimum Gasteiger partial charge on any atom is -0.355 e. The molecule has 0 radical (unpaired) electrons. The molecule has 0 saturated heterocycles. The molecule has 4 nitrogen and oxygen atoms in total. The van der Waals surface area contributed by atoms with Gasteiger partial charge in [-0.15, -0.1) is 0 Å². The molecule has 2 rings (SSSR count). The highest BCUT2D eigenvalue weighted by Gasteiger charge is 2.14. The van der Waals surface area contributed by atoms with Gasteiger partial charge in [-0.05, 0) is 44.2 Å². The third kappa shape index (κ3) is 4.04. The standard InChI is InChI=1S/C16H18BrN3O/c1-3-20(4-2)16(21)15-11-14(8-9-18-15)19-13-7-5-6-12(17)10-13/h5-11H,3-4H2,1-2H3,(H,18,19). The van der Waals surface area contributed by atoms with Crippen LogP contribution in [0.5, 0.6) is 0 Å². The molecule has 21 heavy (non-hydrogen) atoms. The van der Waals surface area contributed by atoms with Crippen LogP contribution in [0.2, 0.25) is 0 Å². The molecule has 1 heterocycles. The summed E-state index contributed by atoms with van der Waals surface area (Å²) in [4.78, 5) is 18.2. The van der Waals surface area contributed by atoms with Crippen LogP contribution in [0, 0.1) is 0 Å². The average Bonchev–Trinajstić information content (AvgIpc) is 2.48. The zero-order valence-electron chi connectivity index (χ0n) is 12.1. The molecular weight excluding hydrogens is 330 g/mol. The maximum Gasteiger partial charge on any atom is 0.272 e. The summed E-state index contributed by atoms with van der Waals surface area (Å²) in [6.07, 6.45) is 1.65. The first kappa shape index (κ1) is 15.5. The molecule has 0 fully saturated rings. The van der Waals surface area contributed by atoms with Crippen LogP contribution in [0.1, 0.15) is 24.3 Å². The van der Waals surface area contributed by atoms with E-state index in [4.69, 9.17) is 0 Å². The summed E-state index contributed by atoms with van der Waals surface area (Å²) < 4.78 is 1.00. The van der Waals surface area contributed by atoms with Crippen molar-refractivity contribution in [1.29, 1.82) is 0 Å². The third-order valence-corrected chi connectivity index (χ3v) is 3.64. The molecule has 0 aliphatic carbocycles. The number of carbonyl (C=O) groups excluding carboxylic acids is 1. The Hall–Kier alpha value is -1.88. The molecule has 110 valence electrons. The number of anilines is 2. The Kier molecular flexibility index (Phi) is 5.33. The zero-order chi connectivity index (χ0) is 15.2. The van der Waals surface area contributed by atoms with Crippen LogP contribution in [0.4, 0.5) is 11.4 Å². The lowest BCUT2D eigenvalue weighted by atomic mass is 10.2. The largest absolute Gasteiger partial charge is 0.355 e. The molecule has 0 unspecified atom stereocenters. The first-order chi connectivity index (χ1) is 10.1. The summed E-state index contributed by atoms with van der Waals surface area (Å²) in [5.41, 5.74) is 2.26.